The lowest BCUT2D eigenvalue weighted by Gasteiger charge is -2.07. The molecule has 1 heterocycles. The molecule has 0 spiro atoms. The molecule has 4 rings (SSSR count). The number of thioether (sulfide) groups is 1. The van der Waals surface area contributed by atoms with Crippen LogP contribution in [0.5, 0.6) is 0 Å². The van der Waals surface area contributed by atoms with Crippen LogP contribution in [0.4, 0.5) is 5.69 Å². The molecule has 3 aromatic rings. The number of nitrogens with zero attached hydrogens (tertiary/aromatic N) is 3. The Morgan fingerprint density at radius 1 is 1.11 bits per heavy atom. The zero-order valence-electron chi connectivity index (χ0n) is 15.5. The van der Waals surface area contributed by atoms with Gasteiger partial charge in [0.1, 0.15) is 0 Å². The summed E-state index contributed by atoms with van der Waals surface area (Å²) in [6, 6.07) is 14.4. The van der Waals surface area contributed by atoms with Gasteiger partial charge in [-0.25, -0.2) is 0 Å². The Morgan fingerprint density at radius 3 is 2.70 bits per heavy atom. The number of aromatic nitrogens is 3. The number of carbonyl (C=O) groups excluding carboxylic acids is 1. The molecule has 0 saturated carbocycles. The fourth-order valence-corrected chi connectivity index (χ4v) is 4.08. The highest BCUT2D eigenvalue weighted by Gasteiger charge is 2.14. The van der Waals surface area contributed by atoms with Crippen LogP contribution in [0.2, 0.25) is 0 Å². The molecule has 0 radical (unpaired) electrons. The molecule has 1 aromatic heterocycles. The molecular formula is C21H22N4OS. The van der Waals surface area contributed by atoms with Crippen molar-refractivity contribution in [2.24, 2.45) is 7.05 Å². The molecule has 1 aliphatic carbocycles. The van der Waals surface area contributed by atoms with Crippen molar-refractivity contribution in [1.29, 1.82) is 0 Å². The van der Waals surface area contributed by atoms with Crippen LogP contribution in [-0.4, -0.2) is 26.4 Å². The fraction of sp³-hybridized carbons (Fsp3) is 0.286. The third-order valence-electron chi connectivity index (χ3n) is 4.86. The number of hydrogen-bond acceptors (Lipinski definition) is 4. The Labute approximate surface area is 163 Å². The summed E-state index contributed by atoms with van der Waals surface area (Å²) >= 11 is 1.40. The second-order valence-corrected chi connectivity index (χ2v) is 7.85. The lowest BCUT2D eigenvalue weighted by Crippen LogP contribution is -2.14. The third-order valence-corrected chi connectivity index (χ3v) is 5.88. The number of amides is 1. The summed E-state index contributed by atoms with van der Waals surface area (Å²) < 4.78 is 1.93. The van der Waals surface area contributed by atoms with E-state index in [0.29, 0.717) is 5.75 Å². The molecule has 0 aliphatic heterocycles. The maximum atomic E-state index is 12.3. The summed E-state index contributed by atoms with van der Waals surface area (Å²) in [4.78, 5) is 12.3. The SMILES string of the molecule is Cc1ccc(-c2nnc(SCC(=O)Nc3ccc4c(c3)CCC4)n2C)cc1. The summed E-state index contributed by atoms with van der Waals surface area (Å²) in [5.41, 5.74) is 5.87. The minimum absolute atomic E-state index is 0.0298. The number of aryl methyl sites for hydroxylation is 3. The minimum atomic E-state index is -0.0298. The average molecular weight is 379 g/mol. The lowest BCUT2D eigenvalue weighted by molar-refractivity contribution is -0.113. The number of fused-ring (bicyclic) bond motifs is 1. The van der Waals surface area contributed by atoms with Crippen LogP contribution in [0.3, 0.4) is 0 Å². The van der Waals surface area contributed by atoms with Crippen molar-refractivity contribution in [3.8, 4) is 11.4 Å². The predicted octanol–water partition coefficient (Wildman–Crippen LogP) is 4.01. The van der Waals surface area contributed by atoms with Crippen molar-refractivity contribution in [3.63, 3.8) is 0 Å². The van der Waals surface area contributed by atoms with Crippen LogP contribution in [0.25, 0.3) is 11.4 Å². The summed E-state index contributed by atoms with van der Waals surface area (Å²) in [5.74, 6) is 1.08. The number of hydrogen-bond donors (Lipinski definition) is 1. The molecule has 0 unspecified atom stereocenters. The topological polar surface area (TPSA) is 59.8 Å². The van der Waals surface area contributed by atoms with Gasteiger partial charge in [0.2, 0.25) is 5.91 Å². The van der Waals surface area contributed by atoms with Crippen molar-refractivity contribution >= 4 is 23.4 Å². The normalized spacial score (nSPS) is 12.8. The van der Waals surface area contributed by atoms with Gasteiger partial charge in [-0.05, 0) is 49.4 Å². The van der Waals surface area contributed by atoms with E-state index in [1.807, 2.05) is 29.8 Å². The number of benzene rings is 2. The van der Waals surface area contributed by atoms with Gasteiger partial charge in [-0.15, -0.1) is 10.2 Å². The Hall–Kier alpha value is -2.60. The van der Waals surface area contributed by atoms with Crippen LogP contribution < -0.4 is 5.32 Å². The second-order valence-electron chi connectivity index (χ2n) is 6.91. The third kappa shape index (κ3) is 3.90. The van der Waals surface area contributed by atoms with Crippen LogP contribution in [0.15, 0.2) is 47.6 Å². The predicted molar refractivity (Wildman–Crippen MR) is 109 cm³/mol. The van der Waals surface area contributed by atoms with Gasteiger partial charge in [0.15, 0.2) is 11.0 Å². The molecule has 1 aliphatic rings. The van der Waals surface area contributed by atoms with E-state index in [4.69, 9.17) is 0 Å². The van der Waals surface area contributed by atoms with Gasteiger partial charge < -0.3 is 9.88 Å². The maximum Gasteiger partial charge on any atom is 0.234 e. The first-order chi connectivity index (χ1) is 13.1. The number of carbonyl (C=O) groups is 1. The largest absolute Gasteiger partial charge is 0.325 e. The minimum Gasteiger partial charge on any atom is -0.325 e. The molecule has 1 amide bonds. The first kappa shape index (κ1) is 17.8. The van der Waals surface area contributed by atoms with Crippen LogP contribution in [0, 0.1) is 6.92 Å². The quantitative estimate of drug-likeness (QED) is 0.682. The first-order valence-corrected chi connectivity index (χ1v) is 10.1. The number of anilines is 1. The van der Waals surface area contributed by atoms with Crippen LogP contribution in [0.1, 0.15) is 23.1 Å². The molecule has 0 saturated heterocycles. The smallest absolute Gasteiger partial charge is 0.234 e. The van der Waals surface area contributed by atoms with E-state index in [9.17, 15) is 4.79 Å². The standard InChI is InChI=1S/C21H22N4OS/c1-14-6-8-16(9-7-14)20-23-24-21(25(20)2)27-13-19(26)22-18-11-10-15-4-3-5-17(15)12-18/h6-12H,3-5,13H2,1-2H3,(H,22,26). The van der Waals surface area contributed by atoms with E-state index in [0.717, 1.165) is 35.1 Å². The number of nitrogens with one attached hydrogen (secondary N) is 1. The second kappa shape index (κ2) is 7.56. The van der Waals surface area contributed by atoms with Gasteiger partial charge in [0, 0.05) is 18.3 Å². The molecule has 0 atom stereocenters. The summed E-state index contributed by atoms with van der Waals surface area (Å²) in [5, 5.41) is 12.2. The summed E-state index contributed by atoms with van der Waals surface area (Å²) in [6.07, 6.45) is 3.46. The number of rotatable bonds is 5. The molecule has 0 fully saturated rings. The van der Waals surface area contributed by atoms with Crippen molar-refractivity contribution < 1.29 is 4.79 Å². The zero-order valence-corrected chi connectivity index (χ0v) is 16.3. The van der Waals surface area contributed by atoms with E-state index < -0.39 is 0 Å². The Bertz CT molecular complexity index is 978. The highest BCUT2D eigenvalue weighted by atomic mass is 32.2. The van der Waals surface area contributed by atoms with Crippen LogP contribution in [-0.2, 0) is 24.7 Å². The average Bonchev–Trinajstić information content (AvgIpc) is 3.27. The summed E-state index contributed by atoms with van der Waals surface area (Å²) in [6.45, 7) is 2.06. The van der Waals surface area contributed by atoms with Gasteiger partial charge in [-0.1, -0.05) is 47.7 Å². The molecular weight excluding hydrogens is 356 g/mol. The molecule has 138 valence electrons. The fourth-order valence-electron chi connectivity index (χ4n) is 3.37. The zero-order chi connectivity index (χ0) is 18.8. The van der Waals surface area contributed by atoms with Gasteiger partial charge in [-0.3, -0.25) is 4.79 Å². The van der Waals surface area contributed by atoms with E-state index in [1.54, 1.807) is 0 Å². The van der Waals surface area contributed by atoms with E-state index >= 15 is 0 Å². The molecule has 27 heavy (non-hydrogen) atoms. The lowest BCUT2D eigenvalue weighted by atomic mass is 10.1. The van der Waals surface area contributed by atoms with Crippen molar-refractivity contribution in [2.45, 2.75) is 31.3 Å². The Balaban J connectivity index is 1.38. The van der Waals surface area contributed by atoms with Gasteiger partial charge in [0.25, 0.3) is 0 Å². The van der Waals surface area contributed by atoms with Crippen molar-refractivity contribution in [2.75, 3.05) is 11.1 Å². The van der Waals surface area contributed by atoms with E-state index in [2.05, 4.69) is 46.7 Å². The molecule has 0 bridgehead atoms. The maximum absolute atomic E-state index is 12.3. The molecule has 6 heteroatoms. The van der Waals surface area contributed by atoms with Crippen molar-refractivity contribution in [3.05, 3.63) is 59.2 Å². The van der Waals surface area contributed by atoms with E-state index in [-0.39, 0.29) is 5.91 Å². The molecule has 1 N–H and O–H groups in total. The van der Waals surface area contributed by atoms with E-state index in [1.165, 1.54) is 34.9 Å². The highest BCUT2D eigenvalue weighted by Crippen LogP contribution is 2.26. The van der Waals surface area contributed by atoms with Gasteiger partial charge in [-0.2, -0.15) is 0 Å². The molecule has 5 nitrogen and oxygen atoms in total. The Kier molecular flexibility index (Phi) is 4.99. The highest BCUT2D eigenvalue weighted by molar-refractivity contribution is 7.99. The van der Waals surface area contributed by atoms with Gasteiger partial charge >= 0.3 is 0 Å². The monoisotopic (exact) mass is 378 g/mol. The Morgan fingerprint density at radius 2 is 1.89 bits per heavy atom. The first-order valence-electron chi connectivity index (χ1n) is 9.11. The van der Waals surface area contributed by atoms with Crippen LogP contribution >= 0.6 is 11.8 Å². The van der Waals surface area contributed by atoms with Crippen molar-refractivity contribution in [1.82, 2.24) is 14.8 Å². The van der Waals surface area contributed by atoms with Gasteiger partial charge in [0.05, 0.1) is 5.75 Å². The molecule has 2 aromatic carbocycles. The summed E-state index contributed by atoms with van der Waals surface area (Å²) in [7, 11) is 1.93.